The van der Waals surface area contributed by atoms with Gasteiger partial charge in [-0.05, 0) is 31.4 Å². The lowest BCUT2D eigenvalue weighted by Gasteiger charge is -2.14. The number of fused-ring (bicyclic) bond motifs is 1. The highest BCUT2D eigenvalue weighted by atomic mass is 35.5. The van der Waals surface area contributed by atoms with Crippen molar-refractivity contribution in [3.8, 4) is 0 Å². The average molecular weight is 277 g/mol. The largest absolute Gasteiger partial charge is 0.295 e. The molecule has 1 aromatic heterocycles. The Hall–Kier alpha value is -1.35. The molecule has 3 rings (SSSR count). The van der Waals surface area contributed by atoms with Crippen molar-refractivity contribution in [2.24, 2.45) is 5.92 Å². The summed E-state index contributed by atoms with van der Waals surface area (Å²) in [5, 5.41) is 0.427. The Morgan fingerprint density at radius 2 is 2.16 bits per heavy atom. The minimum atomic E-state index is -0.253. The maximum atomic E-state index is 12.6. The van der Waals surface area contributed by atoms with Crippen LogP contribution in [0.5, 0.6) is 0 Å². The van der Waals surface area contributed by atoms with Crippen molar-refractivity contribution in [2.45, 2.75) is 38.1 Å². The molecule has 0 amide bonds. The summed E-state index contributed by atoms with van der Waals surface area (Å²) in [5.41, 5.74) is 0.770. The molecule has 1 saturated carbocycles. The van der Waals surface area contributed by atoms with E-state index in [1.807, 2.05) is 31.2 Å². The van der Waals surface area contributed by atoms with Crippen molar-refractivity contribution in [2.75, 3.05) is 0 Å². The Morgan fingerprint density at radius 1 is 1.42 bits per heavy atom. The Labute approximate surface area is 117 Å². The monoisotopic (exact) mass is 276 g/mol. The SMILES string of the molecule is CC(Cl)c1nc2ccccc2c(=O)n1CCC1CC1. The Kier molecular flexibility index (Phi) is 3.31. The zero-order chi connectivity index (χ0) is 13.4. The van der Waals surface area contributed by atoms with Gasteiger partial charge in [0.15, 0.2) is 0 Å². The maximum Gasteiger partial charge on any atom is 0.261 e. The molecule has 4 heteroatoms. The van der Waals surface area contributed by atoms with Gasteiger partial charge in [0.25, 0.3) is 5.56 Å². The summed E-state index contributed by atoms with van der Waals surface area (Å²) < 4.78 is 1.76. The first-order chi connectivity index (χ1) is 9.16. The van der Waals surface area contributed by atoms with Gasteiger partial charge < -0.3 is 0 Å². The van der Waals surface area contributed by atoms with Crippen LogP contribution in [0, 0.1) is 5.92 Å². The summed E-state index contributed by atoms with van der Waals surface area (Å²) in [6.07, 6.45) is 3.64. The Bertz CT molecular complexity index is 659. The molecule has 2 aromatic rings. The summed E-state index contributed by atoms with van der Waals surface area (Å²) in [6, 6.07) is 7.47. The molecule has 1 atom stereocenters. The van der Waals surface area contributed by atoms with E-state index < -0.39 is 0 Å². The molecule has 1 aliphatic carbocycles. The van der Waals surface area contributed by atoms with Gasteiger partial charge in [0.1, 0.15) is 5.82 Å². The van der Waals surface area contributed by atoms with Gasteiger partial charge in [0, 0.05) is 6.54 Å². The number of aromatic nitrogens is 2. The third kappa shape index (κ3) is 2.52. The van der Waals surface area contributed by atoms with Crippen LogP contribution >= 0.6 is 11.6 Å². The summed E-state index contributed by atoms with van der Waals surface area (Å²) in [5.74, 6) is 1.47. The predicted molar refractivity (Wildman–Crippen MR) is 77.6 cm³/mol. The van der Waals surface area contributed by atoms with Crippen LogP contribution in [-0.2, 0) is 6.54 Å². The summed E-state index contributed by atoms with van der Waals surface area (Å²) >= 11 is 6.19. The zero-order valence-corrected chi connectivity index (χ0v) is 11.7. The molecule has 3 nitrogen and oxygen atoms in total. The molecule has 0 saturated heterocycles. The third-order valence-electron chi connectivity index (χ3n) is 3.70. The second-order valence-corrected chi connectivity index (χ2v) is 5.95. The van der Waals surface area contributed by atoms with Crippen molar-refractivity contribution >= 4 is 22.5 Å². The topological polar surface area (TPSA) is 34.9 Å². The number of hydrogen-bond acceptors (Lipinski definition) is 2. The fourth-order valence-corrected chi connectivity index (χ4v) is 2.59. The molecule has 19 heavy (non-hydrogen) atoms. The van der Waals surface area contributed by atoms with Gasteiger partial charge in [0.2, 0.25) is 0 Å². The quantitative estimate of drug-likeness (QED) is 0.801. The fourth-order valence-electron chi connectivity index (χ4n) is 2.42. The highest BCUT2D eigenvalue weighted by molar-refractivity contribution is 6.20. The number of rotatable bonds is 4. The van der Waals surface area contributed by atoms with Gasteiger partial charge in [0.05, 0.1) is 16.3 Å². The zero-order valence-electron chi connectivity index (χ0n) is 11.0. The molecule has 1 aromatic carbocycles. The van der Waals surface area contributed by atoms with Crippen molar-refractivity contribution in [3.63, 3.8) is 0 Å². The van der Waals surface area contributed by atoms with Gasteiger partial charge in [-0.25, -0.2) is 4.98 Å². The molecule has 1 fully saturated rings. The standard InChI is InChI=1S/C15H17ClN2O/c1-10(16)14-17-13-5-3-2-4-12(13)15(19)18(14)9-8-11-6-7-11/h2-5,10-11H,6-9H2,1H3. The van der Waals surface area contributed by atoms with Crippen LogP contribution in [0.2, 0.25) is 0 Å². The second kappa shape index (κ2) is 4.97. The highest BCUT2D eigenvalue weighted by Gasteiger charge is 2.22. The lowest BCUT2D eigenvalue weighted by atomic mass is 10.2. The average Bonchev–Trinajstić information content (AvgIpc) is 3.21. The van der Waals surface area contributed by atoms with E-state index in [1.54, 1.807) is 4.57 Å². The smallest absolute Gasteiger partial charge is 0.261 e. The normalized spacial score (nSPS) is 16.7. The molecule has 1 unspecified atom stereocenters. The molecule has 0 bridgehead atoms. The van der Waals surface area contributed by atoms with Crippen LogP contribution in [0.1, 0.15) is 37.4 Å². The molecular weight excluding hydrogens is 260 g/mol. The molecule has 0 N–H and O–H groups in total. The fraction of sp³-hybridized carbons (Fsp3) is 0.467. The van der Waals surface area contributed by atoms with Crippen LogP contribution in [0.4, 0.5) is 0 Å². The molecule has 0 spiro atoms. The number of benzene rings is 1. The number of halogens is 1. The molecule has 1 heterocycles. The minimum Gasteiger partial charge on any atom is -0.295 e. The molecule has 0 aliphatic heterocycles. The highest BCUT2D eigenvalue weighted by Crippen LogP contribution is 2.33. The van der Waals surface area contributed by atoms with Gasteiger partial charge in [-0.3, -0.25) is 9.36 Å². The molecular formula is C15H17ClN2O. The van der Waals surface area contributed by atoms with E-state index in [-0.39, 0.29) is 10.9 Å². The lowest BCUT2D eigenvalue weighted by Crippen LogP contribution is -2.26. The lowest BCUT2D eigenvalue weighted by molar-refractivity contribution is 0.552. The number of nitrogens with zero attached hydrogens (tertiary/aromatic N) is 2. The first kappa shape index (κ1) is 12.7. The van der Waals surface area contributed by atoms with Gasteiger partial charge in [-0.1, -0.05) is 25.0 Å². The van der Waals surface area contributed by atoms with Gasteiger partial charge >= 0.3 is 0 Å². The van der Waals surface area contributed by atoms with E-state index in [0.717, 1.165) is 24.4 Å². The summed E-state index contributed by atoms with van der Waals surface area (Å²) in [7, 11) is 0. The van der Waals surface area contributed by atoms with E-state index in [0.29, 0.717) is 11.2 Å². The molecule has 100 valence electrons. The van der Waals surface area contributed by atoms with Crippen LogP contribution in [-0.4, -0.2) is 9.55 Å². The Morgan fingerprint density at radius 3 is 2.84 bits per heavy atom. The van der Waals surface area contributed by atoms with Gasteiger partial charge in [-0.2, -0.15) is 0 Å². The van der Waals surface area contributed by atoms with Crippen LogP contribution in [0.25, 0.3) is 10.9 Å². The van der Waals surface area contributed by atoms with Crippen molar-refractivity contribution in [3.05, 3.63) is 40.4 Å². The minimum absolute atomic E-state index is 0.0359. The van der Waals surface area contributed by atoms with Crippen LogP contribution in [0.3, 0.4) is 0 Å². The first-order valence-corrected chi connectivity index (χ1v) is 7.24. The Balaban J connectivity index is 2.11. The second-order valence-electron chi connectivity index (χ2n) is 5.29. The molecule has 0 radical (unpaired) electrons. The number of para-hydroxylation sites is 1. The van der Waals surface area contributed by atoms with E-state index >= 15 is 0 Å². The van der Waals surface area contributed by atoms with Crippen molar-refractivity contribution in [1.82, 2.24) is 9.55 Å². The van der Waals surface area contributed by atoms with Crippen molar-refractivity contribution in [1.29, 1.82) is 0 Å². The summed E-state index contributed by atoms with van der Waals surface area (Å²) in [6.45, 7) is 2.60. The van der Waals surface area contributed by atoms with Crippen LogP contribution < -0.4 is 5.56 Å². The molecule has 1 aliphatic rings. The van der Waals surface area contributed by atoms with Crippen molar-refractivity contribution < 1.29 is 0 Å². The van der Waals surface area contributed by atoms with E-state index in [9.17, 15) is 4.79 Å². The third-order valence-corrected chi connectivity index (χ3v) is 3.90. The summed E-state index contributed by atoms with van der Waals surface area (Å²) in [4.78, 5) is 17.1. The van der Waals surface area contributed by atoms with Crippen LogP contribution in [0.15, 0.2) is 29.1 Å². The van der Waals surface area contributed by atoms with E-state index in [2.05, 4.69) is 4.98 Å². The van der Waals surface area contributed by atoms with E-state index in [1.165, 1.54) is 12.8 Å². The predicted octanol–water partition coefficient (Wildman–Crippen LogP) is 3.50. The van der Waals surface area contributed by atoms with E-state index in [4.69, 9.17) is 11.6 Å². The number of alkyl halides is 1. The first-order valence-electron chi connectivity index (χ1n) is 6.80. The number of hydrogen-bond donors (Lipinski definition) is 0. The maximum absolute atomic E-state index is 12.6. The van der Waals surface area contributed by atoms with Gasteiger partial charge in [-0.15, -0.1) is 11.6 Å².